The number of hydrogen-bond donors (Lipinski definition) is 1. The molecule has 0 spiro atoms. The Hall–Kier alpha value is -1.59. The van der Waals surface area contributed by atoms with E-state index in [0.29, 0.717) is 18.7 Å². The number of ether oxygens (including phenoxy) is 2. The van der Waals surface area contributed by atoms with Crippen LogP contribution in [0.15, 0.2) is 24.3 Å². The fraction of sp³-hybridized carbons (Fsp3) is 0.500. The molecule has 1 aromatic rings. The molecule has 1 N–H and O–H groups in total. The molecule has 1 aliphatic heterocycles. The Labute approximate surface area is 112 Å². The van der Waals surface area contributed by atoms with Crippen molar-refractivity contribution in [2.45, 2.75) is 18.6 Å². The lowest BCUT2D eigenvalue weighted by atomic mass is 10.1. The van der Waals surface area contributed by atoms with Crippen molar-refractivity contribution in [2.75, 3.05) is 27.3 Å². The zero-order valence-electron chi connectivity index (χ0n) is 11.2. The third-order valence-corrected chi connectivity index (χ3v) is 3.51. The highest BCUT2D eigenvalue weighted by Gasteiger charge is 2.35. The van der Waals surface area contributed by atoms with Crippen molar-refractivity contribution in [1.82, 2.24) is 4.90 Å². The molecule has 0 radical (unpaired) electrons. The van der Waals surface area contributed by atoms with Crippen LogP contribution in [0.5, 0.6) is 5.75 Å². The third-order valence-electron chi connectivity index (χ3n) is 3.51. The summed E-state index contributed by atoms with van der Waals surface area (Å²) in [5.74, 6) is 0.129. The van der Waals surface area contributed by atoms with Gasteiger partial charge in [-0.15, -0.1) is 0 Å². The van der Waals surface area contributed by atoms with Gasteiger partial charge in [0.15, 0.2) is 0 Å². The van der Waals surface area contributed by atoms with Crippen molar-refractivity contribution < 1.29 is 19.4 Å². The first-order valence-electron chi connectivity index (χ1n) is 6.26. The number of nitrogens with zero attached hydrogens (tertiary/aromatic N) is 1. The molecule has 0 aromatic heterocycles. The molecule has 2 unspecified atom stereocenters. The predicted molar refractivity (Wildman–Crippen MR) is 70.0 cm³/mol. The highest BCUT2D eigenvalue weighted by atomic mass is 16.5. The molecule has 5 heteroatoms. The Bertz CT molecular complexity index is 437. The molecule has 2 atom stereocenters. The lowest BCUT2D eigenvalue weighted by Crippen LogP contribution is -2.31. The molecule has 19 heavy (non-hydrogen) atoms. The number of hydrogen-bond acceptors (Lipinski definition) is 4. The minimum Gasteiger partial charge on any atom is -0.508 e. The highest BCUT2D eigenvalue weighted by Crippen LogP contribution is 2.20. The normalized spacial score (nSPS) is 22.7. The van der Waals surface area contributed by atoms with Crippen LogP contribution in [0.3, 0.4) is 0 Å². The summed E-state index contributed by atoms with van der Waals surface area (Å²) in [6.07, 6.45) is 0.0242. The fourth-order valence-electron chi connectivity index (χ4n) is 2.34. The summed E-state index contributed by atoms with van der Waals surface area (Å²) < 4.78 is 10.6. The van der Waals surface area contributed by atoms with Crippen molar-refractivity contribution in [3.63, 3.8) is 0 Å². The van der Waals surface area contributed by atoms with Crippen LogP contribution in [-0.4, -0.2) is 55.4 Å². The highest BCUT2D eigenvalue weighted by molar-refractivity contribution is 5.79. The molecule has 0 aliphatic carbocycles. The van der Waals surface area contributed by atoms with Crippen LogP contribution in [-0.2, 0) is 20.7 Å². The number of para-hydroxylation sites is 1. The van der Waals surface area contributed by atoms with E-state index < -0.39 is 0 Å². The van der Waals surface area contributed by atoms with Crippen molar-refractivity contribution in [3.05, 3.63) is 29.8 Å². The third kappa shape index (κ3) is 3.05. The summed E-state index contributed by atoms with van der Waals surface area (Å²) in [7, 11) is 3.24. The number of likely N-dealkylation sites (tertiary alicyclic amines) is 1. The number of amides is 1. The maximum Gasteiger partial charge on any atom is 0.227 e. The number of phenolic OH excluding ortho intramolecular Hbond substituents is 1. The molecule has 1 saturated heterocycles. The molecular weight excluding hydrogens is 246 g/mol. The number of carbonyl (C=O) groups excluding carboxylic acids is 1. The van der Waals surface area contributed by atoms with Crippen LogP contribution in [0.4, 0.5) is 0 Å². The fourth-order valence-corrected chi connectivity index (χ4v) is 2.34. The molecule has 1 heterocycles. The van der Waals surface area contributed by atoms with Crippen LogP contribution in [0.25, 0.3) is 0 Å². The Morgan fingerprint density at radius 1 is 1.26 bits per heavy atom. The van der Waals surface area contributed by atoms with Gasteiger partial charge in [0.25, 0.3) is 0 Å². The van der Waals surface area contributed by atoms with E-state index in [4.69, 9.17) is 9.47 Å². The molecule has 0 saturated carbocycles. The minimum absolute atomic E-state index is 0.0249. The van der Waals surface area contributed by atoms with Gasteiger partial charge in [-0.3, -0.25) is 4.79 Å². The zero-order chi connectivity index (χ0) is 13.8. The van der Waals surface area contributed by atoms with E-state index >= 15 is 0 Å². The minimum atomic E-state index is -0.0849. The van der Waals surface area contributed by atoms with E-state index in [2.05, 4.69) is 0 Å². The van der Waals surface area contributed by atoms with Gasteiger partial charge >= 0.3 is 0 Å². The number of benzene rings is 1. The van der Waals surface area contributed by atoms with E-state index in [-0.39, 0.29) is 30.3 Å². The molecule has 104 valence electrons. The molecule has 1 aliphatic rings. The SMILES string of the molecule is COC1CN(C(=O)Cc2ccccc2O)CC1OC. The van der Waals surface area contributed by atoms with Gasteiger partial charge in [0, 0.05) is 32.9 Å². The maximum atomic E-state index is 12.2. The smallest absolute Gasteiger partial charge is 0.227 e. The number of methoxy groups -OCH3 is 2. The Morgan fingerprint density at radius 2 is 1.84 bits per heavy atom. The number of rotatable bonds is 4. The van der Waals surface area contributed by atoms with Crippen molar-refractivity contribution >= 4 is 5.91 Å². The summed E-state index contributed by atoms with van der Waals surface area (Å²) in [4.78, 5) is 13.9. The van der Waals surface area contributed by atoms with Crippen LogP contribution in [0.1, 0.15) is 5.56 Å². The lowest BCUT2D eigenvalue weighted by molar-refractivity contribution is -0.130. The van der Waals surface area contributed by atoms with E-state index in [9.17, 15) is 9.90 Å². The second kappa shape index (κ2) is 6.04. The molecule has 5 nitrogen and oxygen atoms in total. The number of carbonyl (C=O) groups is 1. The van der Waals surface area contributed by atoms with Gasteiger partial charge < -0.3 is 19.5 Å². The van der Waals surface area contributed by atoms with Gasteiger partial charge in [-0.2, -0.15) is 0 Å². The first-order valence-corrected chi connectivity index (χ1v) is 6.26. The molecule has 2 rings (SSSR count). The molecule has 0 bridgehead atoms. The van der Waals surface area contributed by atoms with Crippen LogP contribution in [0.2, 0.25) is 0 Å². The summed E-state index contributed by atoms with van der Waals surface area (Å²) in [5.41, 5.74) is 0.641. The van der Waals surface area contributed by atoms with Gasteiger partial charge in [0.2, 0.25) is 5.91 Å². The summed E-state index contributed by atoms with van der Waals surface area (Å²) >= 11 is 0. The summed E-state index contributed by atoms with van der Waals surface area (Å²) in [6, 6.07) is 6.89. The summed E-state index contributed by atoms with van der Waals surface area (Å²) in [6.45, 7) is 1.06. The summed E-state index contributed by atoms with van der Waals surface area (Å²) in [5, 5.41) is 9.68. The van der Waals surface area contributed by atoms with E-state index in [1.165, 1.54) is 0 Å². The van der Waals surface area contributed by atoms with Crippen LogP contribution in [0, 0.1) is 0 Å². The molecule has 1 fully saturated rings. The van der Waals surface area contributed by atoms with Crippen molar-refractivity contribution in [2.24, 2.45) is 0 Å². The van der Waals surface area contributed by atoms with E-state index in [1.54, 1.807) is 37.3 Å². The topological polar surface area (TPSA) is 59.0 Å². The van der Waals surface area contributed by atoms with Gasteiger partial charge in [-0.05, 0) is 6.07 Å². The maximum absolute atomic E-state index is 12.2. The van der Waals surface area contributed by atoms with E-state index in [0.717, 1.165) is 0 Å². The number of phenols is 1. The Morgan fingerprint density at radius 3 is 2.37 bits per heavy atom. The zero-order valence-corrected chi connectivity index (χ0v) is 11.2. The second-order valence-electron chi connectivity index (χ2n) is 4.65. The Balaban J connectivity index is 2.00. The standard InChI is InChI=1S/C14H19NO4/c1-18-12-8-15(9-13(12)19-2)14(17)7-10-5-3-4-6-11(10)16/h3-6,12-13,16H,7-9H2,1-2H3. The predicted octanol–water partition coefficient (Wildman–Crippen LogP) is 0.807. The van der Waals surface area contributed by atoms with Crippen molar-refractivity contribution in [1.29, 1.82) is 0 Å². The second-order valence-corrected chi connectivity index (χ2v) is 4.65. The lowest BCUT2D eigenvalue weighted by Gasteiger charge is -2.16. The number of aromatic hydroxyl groups is 1. The van der Waals surface area contributed by atoms with Gasteiger partial charge in [-0.1, -0.05) is 18.2 Å². The largest absolute Gasteiger partial charge is 0.508 e. The van der Waals surface area contributed by atoms with Crippen LogP contribution >= 0.6 is 0 Å². The quantitative estimate of drug-likeness (QED) is 0.875. The van der Waals surface area contributed by atoms with Gasteiger partial charge in [0.1, 0.15) is 18.0 Å². The average molecular weight is 265 g/mol. The monoisotopic (exact) mass is 265 g/mol. The molecule has 1 amide bonds. The van der Waals surface area contributed by atoms with Gasteiger partial charge in [0.05, 0.1) is 6.42 Å². The van der Waals surface area contributed by atoms with E-state index in [1.807, 2.05) is 6.07 Å². The van der Waals surface area contributed by atoms with Gasteiger partial charge in [-0.25, -0.2) is 0 Å². The van der Waals surface area contributed by atoms with Crippen molar-refractivity contribution in [3.8, 4) is 5.75 Å². The van der Waals surface area contributed by atoms with Crippen LogP contribution < -0.4 is 0 Å². The Kier molecular flexibility index (Phi) is 4.39. The molecule has 1 aromatic carbocycles. The first-order chi connectivity index (χ1) is 9.15. The average Bonchev–Trinajstić information content (AvgIpc) is 2.84. The first kappa shape index (κ1) is 13.8. The molecular formula is C14H19NO4.